The van der Waals surface area contributed by atoms with Crippen LogP contribution >= 0.6 is 22.9 Å². The van der Waals surface area contributed by atoms with E-state index < -0.39 is 16.1 Å². The van der Waals surface area contributed by atoms with E-state index in [2.05, 4.69) is 10.3 Å². The van der Waals surface area contributed by atoms with E-state index in [0.717, 1.165) is 16.3 Å². The third-order valence-corrected chi connectivity index (χ3v) is 8.24. The Morgan fingerprint density at radius 1 is 1.19 bits per heavy atom. The number of thiazole rings is 1. The molecule has 1 N–H and O–H groups in total. The second kappa shape index (κ2) is 9.48. The summed E-state index contributed by atoms with van der Waals surface area (Å²) in [6.45, 7) is 0.720. The smallest absolute Gasteiger partial charge is 0.243 e. The lowest BCUT2D eigenvalue weighted by Gasteiger charge is -2.23. The lowest BCUT2D eigenvalue weighted by atomic mass is 10.2. The molecule has 1 unspecified atom stereocenters. The van der Waals surface area contributed by atoms with Crippen molar-refractivity contribution in [3.63, 3.8) is 0 Å². The molecule has 1 atom stereocenters. The number of sulfonamides is 1. The van der Waals surface area contributed by atoms with Crippen LogP contribution in [0.2, 0.25) is 5.02 Å². The molecule has 1 aliphatic heterocycles. The quantitative estimate of drug-likeness (QED) is 0.560. The number of hydrogen-bond donors (Lipinski definition) is 1. The first-order valence-corrected chi connectivity index (χ1v) is 12.7. The van der Waals surface area contributed by atoms with Gasteiger partial charge in [-0.3, -0.25) is 4.79 Å². The molecule has 1 saturated heterocycles. The van der Waals surface area contributed by atoms with Gasteiger partial charge in [-0.25, -0.2) is 13.4 Å². The molecule has 2 aromatic carbocycles. The molecule has 6 nitrogen and oxygen atoms in total. The van der Waals surface area contributed by atoms with Crippen LogP contribution in [0.1, 0.15) is 18.5 Å². The number of amides is 1. The van der Waals surface area contributed by atoms with Crippen LogP contribution in [-0.2, 0) is 21.2 Å². The number of nitrogens with one attached hydrogen (secondary N) is 1. The summed E-state index contributed by atoms with van der Waals surface area (Å²) < 4.78 is 27.3. The molecule has 9 heteroatoms. The molecule has 0 aliphatic carbocycles. The topological polar surface area (TPSA) is 79.4 Å². The van der Waals surface area contributed by atoms with Crippen molar-refractivity contribution in [2.75, 3.05) is 13.1 Å². The van der Waals surface area contributed by atoms with Gasteiger partial charge in [-0.05, 0) is 31.0 Å². The van der Waals surface area contributed by atoms with Crippen molar-refractivity contribution < 1.29 is 13.2 Å². The van der Waals surface area contributed by atoms with Crippen LogP contribution in [0.4, 0.5) is 0 Å². The molecular formula is C22H22ClN3O3S2. The molecular weight excluding hydrogens is 454 g/mol. The number of aromatic nitrogens is 1. The predicted octanol–water partition coefficient (Wildman–Crippen LogP) is 3.98. The van der Waals surface area contributed by atoms with Crippen molar-refractivity contribution >= 4 is 38.9 Å². The van der Waals surface area contributed by atoms with Crippen molar-refractivity contribution in [1.29, 1.82) is 0 Å². The first-order valence-electron chi connectivity index (χ1n) is 10.00. The van der Waals surface area contributed by atoms with Crippen molar-refractivity contribution in [3.05, 3.63) is 70.7 Å². The first-order chi connectivity index (χ1) is 14.9. The van der Waals surface area contributed by atoms with Crippen LogP contribution in [0, 0.1) is 0 Å². The van der Waals surface area contributed by atoms with Gasteiger partial charge in [0, 0.05) is 35.5 Å². The van der Waals surface area contributed by atoms with Gasteiger partial charge in [0.2, 0.25) is 15.9 Å². The van der Waals surface area contributed by atoms with Crippen LogP contribution in [0.25, 0.3) is 10.6 Å². The minimum Gasteiger partial charge on any atom is -0.354 e. The van der Waals surface area contributed by atoms with Gasteiger partial charge in [0.15, 0.2) is 0 Å². The SMILES string of the molecule is O=C(NCCc1csc(-c2ccccc2)n1)C1CCCN1S(=O)(=O)c1cccc(Cl)c1. The van der Waals surface area contributed by atoms with Crippen LogP contribution in [-0.4, -0.2) is 42.7 Å². The minimum atomic E-state index is -3.78. The maximum absolute atomic E-state index is 13.0. The minimum absolute atomic E-state index is 0.107. The Balaban J connectivity index is 1.37. The standard InChI is InChI=1S/C22H22ClN3O3S2/c23-17-8-4-9-19(14-17)31(28,29)26-13-5-10-20(26)21(27)24-12-11-18-15-30-22(25-18)16-6-2-1-3-7-16/h1-4,6-9,14-15,20H,5,10-13H2,(H,24,27). The molecule has 162 valence electrons. The van der Waals surface area contributed by atoms with Crippen molar-refractivity contribution in [2.24, 2.45) is 0 Å². The Morgan fingerprint density at radius 3 is 2.77 bits per heavy atom. The van der Waals surface area contributed by atoms with Gasteiger partial charge in [-0.2, -0.15) is 4.31 Å². The number of benzene rings is 2. The highest BCUT2D eigenvalue weighted by Crippen LogP contribution is 2.28. The maximum Gasteiger partial charge on any atom is 0.243 e. The predicted molar refractivity (Wildman–Crippen MR) is 123 cm³/mol. The largest absolute Gasteiger partial charge is 0.354 e. The number of halogens is 1. The second-order valence-corrected chi connectivity index (χ2v) is 10.5. The molecule has 1 aliphatic rings. The van der Waals surface area contributed by atoms with Gasteiger partial charge in [0.25, 0.3) is 0 Å². The van der Waals surface area contributed by atoms with Gasteiger partial charge in [0.05, 0.1) is 10.6 Å². The van der Waals surface area contributed by atoms with Crippen LogP contribution < -0.4 is 5.32 Å². The van der Waals surface area contributed by atoms with Gasteiger partial charge in [-0.1, -0.05) is 48.0 Å². The molecule has 1 fully saturated rings. The Kier molecular flexibility index (Phi) is 6.71. The summed E-state index contributed by atoms with van der Waals surface area (Å²) in [5, 5.41) is 6.15. The zero-order chi connectivity index (χ0) is 21.8. The normalized spacial score (nSPS) is 17.0. The van der Waals surface area contributed by atoms with E-state index in [4.69, 9.17) is 11.6 Å². The molecule has 0 radical (unpaired) electrons. The van der Waals surface area contributed by atoms with E-state index in [1.54, 1.807) is 23.5 Å². The first kappa shape index (κ1) is 22.0. The zero-order valence-corrected chi connectivity index (χ0v) is 19.1. The maximum atomic E-state index is 13.0. The molecule has 0 spiro atoms. The number of nitrogens with zero attached hydrogens (tertiary/aromatic N) is 2. The second-order valence-electron chi connectivity index (χ2n) is 7.28. The Labute approximate surface area is 190 Å². The summed E-state index contributed by atoms with van der Waals surface area (Å²) in [6.07, 6.45) is 1.73. The Bertz CT molecular complexity index is 1170. The molecule has 0 saturated carbocycles. The van der Waals surface area contributed by atoms with Gasteiger partial charge in [0.1, 0.15) is 11.0 Å². The summed E-state index contributed by atoms with van der Waals surface area (Å²) in [5.41, 5.74) is 1.97. The summed E-state index contributed by atoms with van der Waals surface area (Å²) >= 11 is 7.52. The van der Waals surface area contributed by atoms with Crippen LogP contribution in [0.5, 0.6) is 0 Å². The third-order valence-electron chi connectivity index (χ3n) is 5.16. The average molecular weight is 476 g/mol. The molecule has 0 bridgehead atoms. The summed E-state index contributed by atoms with van der Waals surface area (Å²) in [4.78, 5) is 17.5. The Hall–Kier alpha value is -2.26. The number of hydrogen-bond acceptors (Lipinski definition) is 5. The van der Waals surface area contributed by atoms with E-state index in [9.17, 15) is 13.2 Å². The van der Waals surface area contributed by atoms with E-state index in [1.807, 2.05) is 35.7 Å². The third kappa shape index (κ3) is 4.98. The summed E-state index contributed by atoms with van der Waals surface area (Å²) in [7, 11) is -3.78. The summed E-state index contributed by atoms with van der Waals surface area (Å²) in [5.74, 6) is -0.276. The number of carbonyl (C=O) groups is 1. The fraction of sp³-hybridized carbons (Fsp3) is 0.273. The molecule has 2 heterocycles. The molecule has 4 rings (SSSR count). The molecule has 31 heavy (non-hydrogen) atoms. The Morgan fingerprint density at radius 2 is 2.00 bits per heavy atom. The van der Waals surface area contributed by atoms with E-state index >= 15 is 0 Å². The highest BCUT2D eigenvalue weighted by molar-refractivity contribution is 7.89. The van der Waals surface area contributed by atoms with E-state index in [1.165, 1.54) is 16.4 Å². The van der Waals surface area contributed by atoms with Gasteiger partial charge >= 0.3 is 0 Å². The fourth-order valence-electron chi connectivity index (χ4n) is 3.62. The highest BCUT2D eigenvalue weighted by Gasteiger charge is 2.39. The van der Waals surface area contributed by atoms with Crippen LogP contribution in [0.3, 0.4) is 0 Å². The highest BCUT2D eigenvalue weighted by atomic mass is 35.5. The molecule has 1 amide bonds. The van der Waals surface area contributed by atoms with Gasteiger partial charge < -0.3 is 5.32 Å². The number of rotatable bonds is 7. The molecule has 1 aromatic heterocycles. The average Bonchev–Trinajstić information content (AvgIpc) is 3.45. The van der Waals surface area contributed by atoms with Gasteiger partial charge in [-0.15, -0.1) is 11.3 Å². The lowest BCUT2D eigenvalue weighted by Crippen LogP contribution is -2.46. The number of carbonyl (C=O) groups excluding carboxylic acids is 1. The monoisotopic (exact) mass is 475 g/mol. The van der Waals surface area contributed by atoms with Crippen molar-refractivity contribution in [3.8, 4) is 10.6 Å². The van der Waals surface area contributed by atoms with Crippen molar-refractivity contribution in [2.45, 2.75) is 30.2 Å². The van der Waals surface area contributed by atoms with E-state index in [0.29, 0.717) is 37.4 Å². The zero-order valence-electron chi connectivity index (χ0n) is 16.7. The van der Waals surface area contributed by atoms with Crippen LogP contribution in [0.15, 0.2) is 64.9 Å². The lowest BCUT2D eigenvalue weighted by molar-refractivity contribution is -0.124. The fourth-order valence-corrected chi connectivity index (χ4v) is 6.44. The van der Waals surface area contributed by atoms with E-state index in [-0.39, 0.29) is 10.8 Å². The molecule has 3 aromatic rings. The summed E-state index contributed by atoms with van der Waals surface area (Å²) in [6, 6.07) is 15.4. The van der Waals surface area contributed by atoms with Crippen molar-refractivity contribution in [1.82, 2.24) is 14.6 Å².